The summed E-state index contributed by atoms with van der Waals surface area (Å²) in [6.07, 6.45) is 2.72. The van der Waals surface area contributed by atoms with Crippen molar-refractivity contribution in [1.29, 1.82) is 5.26 Å². The molecule has 7 nitrogen and oxygen atoms in total. The zero-order valence-electron chi connectivity index (χ0n) is 20.5. The third kappa shape index (κ3) is 2.62. The highest BCUT2D eigenvalue weighted by Gasteiger charge is 2.65. The van der Waals surface area contributed by atoms with Gasteiger partial charge in [-0.3, -0.25) is 9.59 Å². The van der Waals surface area contributed by atoms with Gasteiger partial charge in [0.2, 0.25) is 11.8 Å². The van der Waals surface area contributed by atoms with Crippen LogP contribution in [0.1, 0.15) is 65.5 Å². The molecule has 0 saturated heterocycles. The van der Waals surface area contributed by atoms with Gasteiger partial charge in [-0.15, -0.1) is 0 Å². The first-order valence-corrected chi connectivity index (χ1v) is 11.6. The second kappa shape index (κ2) is 6.75. The van der Waals surface area contributed by atoms with Crippen LogP contribution in [-0.4, -0.2) is 23.8 Å². The summed E-state index contributed by atoms with van der Waals surface area (Å²) in [5.41, 5.74) is 6.92. The van der Waals surface area contributed by atoms with E-state index in [1.165, 1.54) is 0 Å². The molecular formula is C27H29N3O4. The summed E-state index contributed by atoms with van der Waals surface area (Å²) in [7, 11) is 0. The van der Waals surface area contributed by atoms with E-state index in [1.54, 1.807) is 11.0 Å². The first-order valence-electron chi connectivity index (χ1n) is 11.6. The lowest BCUT2D eigenvalue weighted by atomic mass is 9.62. The molecule has 1 spiro atoms. The lowest BCUT2D eigenvalue weighted by Crippen LogP contribution is -2.55. The molecule has 1 aliphatic carbocycles. The molecule has 7 heteroatoms. The molecule has 4 aliphatic rings. The molecule has 0 fully saturated rings. The Morgan fingerprint density at radius 3 is 2.56 bits per heavy atom. The standard InChI is InChI=1S/C27H29N3O4/c1-7-33-15-8-16-14(2)10-26(5,6)30-22(16)17(9-15)27(24(30)32)18(13-28)23(29)34-20-12-25(3,4)11-19(31)21(20)27/h8-10H,7,11-12,29H2,1-6H3. The molecule has 176 valence electrons. The van der Waals surface area contributed by atoms with Crippen molar-refractivity contribution in [3.05, 3.63) is 52.1 Å². The van der Waals surface area contributed by atoms with Crippen LogP contribution in [0.15, 0.2) is 41.0 Å². The van der Waals surface area contributed by atoms with Crippen molar-refractivity contribution in [2.45, 2.75) is 65.3 Å². The Balaban J connectivity index is 1.95. The number of hydrogen-bond acceptors (Lipinski definition) is 6. The SMILES string of the molecule is CCOc1cc2c3c(c1)C1(C(=O)N3C(C)(C)C=C2C)C(C#N)=C(N)OC2=C1C(=O)CC(C)(C)C2. The van der Waals surface area contributed by atoms with Crippen LogP contribution in [-0.2, 0) is 19.7 Å². The number of rotatable bonds is 2. The minimum absolute atomic E-state index is 0.0389. The molecular weight excluding hydrogens is 430 g/mol. The molecule has 0 bridgehead atoms. The van der Waals surface area contributed by atoms with Gasteiger partial charge in [0, 0.05) is 24.0 Å². The second-order valence-corrected chi connectivity index (χ2v) is 10.9. The maximum atomic E-state index is 14.6. The molecule has 3 heterocycles. The molecule has 5 rings (SSSR count). The third-order valence-corrected chi connectivity index (χ3v) is 7.29. The van der Waals surface area contributed by atoms with Crippen LogP contribution in [0.4, 0.5) is 5.69 Å². The zero-order chi connectivity index (χ0) is 24.8. The molecule has 0 radical (unpaired) electrons. The van der Waals surface area contributed by atoms with Gasteiger partial charge in [0.05, 0.1) is 23.4 Å². The van der Waals surface area contributed by atoms with Gasteiger partial charge in [-0.2, -0.15) is 5.26 Å². The van der Waals surface area contributed by atoms with E-state index in [2.05, 4.69) is 6.07 Å². The number of hydrogen-bond donors (Lipinski definition) is 1. The number of carbonyl (C=O) groups excluding carboxylic acids is 2. The molecule has 1 unspecified atom stereocenters. The fraction of sp³-hybridized carbons (Fsp3) is 0.444. The highest BCUT2D eigenvalue weighted by molar-refractivity contribution is 6.22. The topological polar surface area (TPSA) is 106 Å². The molecule has 1 amide bonds. The number of carbonyl (C=O) groups is 2. The van der Waals surface area contributed by atoms with E-state index in [4.69, 9.17) is 15.2 Å². The molecule has 0 saturated carbocycles. The Labute approximate surface area is 199 Å². The maximum absolute atomic E-state index is 14.6. The average molecular weight is 460 g/mol. The van der Waals surface area contributed by atoms with Gasteiger partial charge in [-0.25, -0.2) is 0 Å². The number of nitriles is 1. The Hall–Kier alpha value is -3.53. The number of amides is 1. The summed E-state index contributed by atoms with van der Waals surface area (Å²) in [5.74, 6) is 0.278. The van der Waals surface area contributed by atoms with E-state index in [-0.39, 0.29) is 40.6 Å². The van der Waals surface area contributed by atoms with Crippen LogP contribution >= 0.6 is 0 Å². The molecule has 1 atom stereocenters. The van der Waals surface area contributed by atoms with E-state index in [0.717, 1.165) is 11.1 Å². The van der Waals surface area contributed by atoms with Gasteiger partial charge in [0.25, 0.3) is 0 Å². The molecule has 2 N–H and O–H groups in total. The molecule has 0 aromatic heterocycles. The van der Waals surface area contributed by atoms with Crippen LogP contribution in [0.2, 0.25) is 0 Å². The Morgan fingerprint density at radius 1 is 1.21 bits per heavy atom. The number of fused-ring (bicyclic) bond motifs is 2. The van der Waals surface area contributed by atoms with Crippen molar-refractivity contribution in [2.24, 2.45) is 11.1 Å². The molecule has 1 aromatic carbocycles. The average Bonchev–Trinajstić information content (AvgIpc) is 2.95. The smallest absolute Gasteiger partial charge is 0.248 e. The highest BCUT2D eigenvalue weighted by Crippen LogP contribution is 2.61. The Morgan fingerprint density at radius 2 is 1.91 bits per heavy atom. The van der Waals surface area contributed by atoms with E-state index < -0.39 is 11.0 Å². The number of nitrogens with zero attached hydrogens (tertiary/aromatic N) is 2. The minimum atomic E-state index is -1.66. The fourth-order valence-electron chi connectivity index (χ4n) is 6.18. The quantitative estimate of drug-likeness (QED) is 0.709. The number of ketones is 1. The number of anilines is 1. The normalized spacial score (nSPS) is 26.1. The van der Waals surface area contributed by atoms with Crippen LogP contribution in [0.5, 0.6) is 5.75 Å². The number of benzene rings is 1. The van der Waals surface area contributed by atoms with Crippen LogP contribution < -0.4 is 15.4 Å². The molecule has 3 aliphatic heterocycles. The van der Waals surface area contributed by atoms with Gasteiger partial charge >= 0.3 is 0 Å². The number of Topliss-reactive ketones (excluding diaryl/α,β-unsaturated/α-hetero) is 1. The summed E-state index contributed by atoms with van der Waals surface area (Å²) in [6, 6.07) is 5.86. The van der Waals surface area contributed by atoms with Crippen LogP contribution in [0.25, 0.3) is 5.57 Å². The number of ether oxygens (including phenoxy) is 2. The van der Waals surface area contributed by atoms with Crippen molar-refractivity contribution < 1.29 is 19.1 Å². The predicted molar refractivity (Wildman–Crippen MR) is 127 cm³/mol. The van der Waals surface area contributed by atoms with Crippen molar-refractivity contribution in [3.8, 4) is 11.8 Å². The van der Waals surface area contributed by atoms with E-state index in [0.29, 0.717) is 35.8 Å². The predicted octanol–water partition coefficient (Wildman–Crippen LogP) is 4.23. The van der Waals surface area contributed by atoms with Gasteiger partial charge in [-0.1, -0.05) is 19.9 Å². The van der Waals surface area contributed by atoms with Crippen molar-refractivity contribution in [2.75, 3.05) is 11.5 Å². The minimum Gasteiger partial charge on any atom is -0.494 e. The summed E-state index contributed by atoms with van der Waals surface area (Å²) in [4.78, 5) is 30.0. The van der Waals surface area contributed by atoms with Crippen molar-refractivity contribution in [1.82, 2.24) is 0 Å². The summed E-state index contributed by atoms with van der Waals surface area (Å²) < 4.78 is 11.8. The first-order chi connectivity index (χ1) is 15.9. The monoisotopic (exact) mass is 459 g/mol. The summed E-state index contributed by atoms with van der Waals surface area (Å²) >= 11 is 0. The van der Waals surface area contributed by atoms with Gasteiger partial charge in [0.15, 0.2) is 5.78 Å². The van der Waals surface area contributed by atoms with Gasteiger partial charge in [-0.05, 0) is 50.8 Å². The lowest BCUT2D eigenvalue weighted by Gasteiger charge is -2.43. The van der Waals surface area contributed by atoms with E-state index in [1.807, 2.05) is 53.7 Å². The largest absolute Gasteiger partial charge is 0.494 e. The summed E-state index contributed by atoms with van der Waals surface area (Å²) in [6.45, 7) is 12.2. The highest BCUT2D eigenvalue weighted by atomic mass is 16.5. The Kier molecular flexibility index (Phi) is 4.42. The first kappa shape index (κ1) is 22.3. The summed E-state index contributed by atoms with van der Waals surface area (Å²) in [5, 5.41) is 10.3. The maximum Gasteiger partial charge on any atom is 0.248 e. The van der Waals surface area contributed by atoms with Gasteiger partial charge < -0.3 is 20.1 Å². The molecule has 34 heavy (non-hydrogen) atoms. The van der Waals surface area contributed by atoms with Gasteiger partial charge in [0.1, 0.15) is 28.6 Å². The van der Waals surface area contributed by atoms with Crippen molar-refractivity contribution >= 4 is 23.0 Å². The lowest BCUT2D eigenvalue weighted by molar-refractivity contribution is -0.126. The number of nitrogens with two attached hydrogens (primary N) is 1. The fourth-order valence-corrected chi connectivity index (χ4v) is 6.18. The number of allylic oxidation sites excluding steroid dienone is 2. The Bertz CT molecular complexity index is 1320. The molecule has 1 aromatic rings. The second-order valence-electron chi connectivity index (χ2n) is 10.9. The van der Waals surface area contributed by atoms with E-state index >= 15 is 0 Å². The van der Waals surface area contributed by atoms with Crippen LogP contribution in [0, 0.1) is 16.7 Å². The zero-order valence-corrected chi connectivity index (χ0v) is 20.5. The van der Waals surface area contributed by atoms with Crippen molar-refractivity contribution in [3.63, 3.8) is 0 Å². The van der Waals surface area contributed by atoms with E-state index in [9.17, 15) is 14.9 Å². The third-order valence-electron chi connectivity index (χ3n) is 7.29. The van der Waals surface area contributed by atoms with Crippen LogP contribution in [0.3, 0.4) is 0 Å².